The van der Waals surface area contributed by atoms with Gasteiger partial charge in [-0.2, -0.15) is 10.4 Å². The Morgan fingerprint density at radius 1 is 1.41 bits per heavy atom. The Labute approximate surface area is 165 Å². The molecule has 2 aromatic rings. The van der Waals surface area contributed by atoms with Crippen LogP contribution in [-0.2, 0) is 19.5 Å². The van der Waals surface area contributed by atoms with E-state index in [1.807, 2.05) is 0 Å². The van der Waals surface area contributed by atoms with Crippen LogP contribution < -0.4 is 5.32 Å². The number of carbonyl (C=O) groups excluding carboxylic acids is 1. The van der Waals surface area contributed by atoms with E-state index >= 15 is 0 Å². The number of hydrogen-bond donors (Lipinski definition) is 2. The van der Waals surface area contributed by atoms with Crippen LogP contribution in [0.2, 0.25) is 0 Å². The van der Waals surface area contributed by atoms with Gasteiger partial charge in [-0.15, -0.1) is 0 Å². The molecule has 0 saturated heterocycles. The average Bonchev–Trinajstić information content (AvgIpc) is 3.00. The molecule has 0 saturated carbocycles. The highest BCUT2D eigenvalue weighted by molar-refractivity contribution is 5.94. The minimum absolute atomic E-state index is 0.0106. The topological polar surface area (TPSA) is 97.4 Å². The summed E-state index contributed by atoms with van der Waals surface area (Å²) in [6.07, 6.45) is -1.82. The van der Waals surface area contributed by atoms with Gasteiger partial charge >= 0.3 is 0 Å². The number of aromatic nitrogens is 2. The Bertz CT molecular complexity index is 1000. The lowest BCUT2D eigenvalue weighted by Gasteiger charge is -2.32. The predicted molar refractivity (Wildman–Crippen MR) is 98.9 cm³/mol. The first-order valence-corrected chi connectivity index (χ1v) is 9.23. The second kappa shape index (κ2) is 7.42. The maximum absolute atomic E-state index is 14.1. The summed E-state index contributed by atoms with van der Waals surface area (Å²) in [5, 5.41) is 26.8. The van der Waals surface area contributed by atoms with E-state index in [9.17, 15) is 18.7 Å². The van der Waals surface area contributed by atoms with Crippen molar-refractivity contribution in [1.82, 2.24) is 19.6 Å². The molecule has 2 atom stereocenters. The largest absolute Gasteiger partial charge is 0.361 e. The quantitative estimate of drug-likeness (QED) is 0.746. The van der Waals surface area contributed by atoms with E-state index in [2.05, 4.69) is 10.4 Å². The third kappa shape index (κ3) is 3.54. The summed E-state index contributed by atoms with van der Waals surface area (Å²) in [4.78, 5) is 15.8. The number of nitriles is 1. The fourth-order valence-electron chi connectivity index (χ4n) is 3.77. The van der Waals surface area contributed by atoms with Crippen molar-refractivity contribution in [2.45, 2.75) is 32.0 Å². The molecular weight excluding hydrogens is 382 g/mol. The number of rotatable bonds is 3. The number of amides is 1. The first-order chi connectivity index (χ1) is 13.9. The Morgan fingerprint density at radius 2 is 2.21 bits per heavy atom. The van der Waals surface area contributed by atoms with Gasteiger partial charge in [-0.05, 0) is 18.2 Å². The molecule has 10 heteroatoms. The van der Waals surface area contributed by atoms with Gasteiger partial charge in [0.2, 0.25) is 0 Å². The van der Waals surface area contributed by atoms with Crippen molar-refractivity contribution in [3.05, 3.63) is 46.5 Å². The zero-order valence-corrected chi connectivity index (χ0v) is 15.8. The smallest absolute Gasteiger partial charge is 0.272 e. The maximum atomic E-state index is 14.1. The summed E-state index contributed by atoms with van der Waals surface area (Å²) in [6.45, 7) is 0.747. The molecule has 4 rings (SSSR count). The molecule has 2 N–H and O–H groups in total. The number of fused-ring (bicyclic) bond motifs is 3. The van der Waals surface area contributed by atoms with Crippen molar-refractivity contribution in [2.75, 3.05) is 25.5 Å². The molecule has 1 amide bonds. The molecule has 3 heterocycles. The van der Waals surface area contributed by atoms with Gasteiger partial charge in [0, 0.05) is 37.8 Å². The SMILES string of the molecule is CN1CC(F)Cn2nc3c(c2C1=O)CN(C(O)Nc1ccc(F)c(C#N)c1)CC3. The van der Waals surface area contributed by atoms with E-state index < -0.39 is 18.3 Å². The minimum Gasteiger partial charge on any atom is -0.361 e. The third-order valence-corrected chi connectivity index (χ3v) is 5.25. The standard InChI is InChI=1S/C19H20F2N6O2/c1-25-8-12(20)9-27-17(18(25)28)14-10-26(5-4-16(14)24-27)19(29)23-13-2-3-15(21)11(6-13)7-22/h2-3,6,12,19,23,29H,4-5,8-10H2,1H3. The highest BCUT2D eigenvalue weighted by Crippen LogP contribution is 2.27. The van der Waals surface area contributed by atoms with Gasteiger partial charge in [0.05, 0.1) is 24.3 Å². The summed E-state index contributed by atoms with van der Waals surface area (Å²) in [6, 6.07) is 5.66. The summed E-state index contributed by atoms with van der Waals surface area (Å²) < 4.78 is 29.0. The first kappa shape index (κ1) is 19.3. The molecule has 152 valence electrons. The van der Waals surface area contributed by atoms with Crippen LogP contribution >= 0.6 is 0 Å². The number of anilines is 1. The molecule has 1 aromatic carbocycles. The van der Waals surface area contributed by atoms with Crippen LogP contribution in [0, 0.1) is 17.1 Å². The molecule has 0 spiro atoms. The molecular formula is C19H20F2N6O2. The second-order valence-corrected chi connectivity index (χ2v) is 7.28. The van der Waals surface area contributed by atoms with Gasteiger partial charge in [-0.3, -0.25) is 14.4 Å². The number of nitrogens with zero attached hydrogens (tertiary/aromatic N) is 5. The van der Waals surface area contributed by atoms with Crippen LogP contribution in [-0.4, -0.2) is 63.3 Å². The summed E-state index contributed by atoms with van der Waals surface area (Å²) in [5.74, 6) is -0.924. The average molecular weight is 402 g/mol. The van der Waals surface area contributed by atoms with Crippen molar-refractivity contribution in [1.29, 1.82) is 5.26 Å². The highest BCUT2D eigenvalue weighted by Gasteiger charge is 2.34. The number of hydrogen-bond acceptors (Lipinski definition) is 6. The summed E-state index contributed by atoms with van der Waals surface area (Å²) >= 11 is 0. The van der Waals surface area contributed by atoms with Gasteiger partial charge in [0.1, 0.15) is 23.8 Å². The number of halogens is 2. The fraction of sp³-hybridized carbons (Fsp3) is 0.421. The number of aliphatic hydroxyl groups is 1. The monoisotopic (exact) mass is 402 g/mol. The van der Waals surface area contributed by atoms with Gasteiger partial charge in [-0.1, -0.05) is 0 Å². The lowest BCUT2D eigenvalue weighted by Crippen LogP contribution is -2.44. The Kier molecular flexibility index (Phi) is 4.94. The molecule has 2 aliphatic heterocycles. The van der Waals surface area contributed by atoms with Crippen LogP contribution in [0.1, 0.15) is 27.3 Å². The number of benzene rings is 1. The summed E-state index contributed by atoms with van der Waals surface area (Å²) in [7, 11) is 1.56. The van der Waals surface area contributed by atoms with E-state index in [-0.39, 0.29) is 31.1 Å². The molecule has 0 aliphatic carbocycles. The first-order valence-electron chi connectivity index (χ1n) is 9.23. The van der Waals surface area contributed by atoms with Crippen molar-refractivity contribution in [3.8, 4) is 6.07 Å². The molecule has 1 aromatic heterocycles. The maximum Gasteiger partial charge on any atom is 0.272 e. The second-order valence-electron chi connectivity index (χ2n) is 7.28. The van der Waals surface area contributed by atoms with Crippen LogP contribution in [0.4, 0.5) is 14.5 Å². The lowest BCUT2D eigenvalue weighted by atomic mass is 10.0. The Hall–Kier alpha value is -3.03. The van der Waals surface area contributed by atoms with Crippen LogP contribution in [0.5, 0.6) is 0 Å². The Balaban J connectivity index is 1.56. The number of carbonyl (C=O) groups is 1. The molecule has 0 radical (unpaired) electrons. The third-order valence-electron chi connectivity index (χ3n) is 5.25. The minimum atomic E-state index is -1.19. The van der Waals surface area contributed by atoms with E-state index in [0.717, 1.165) is 11.8 Å². The molecule has 8 nitrogen and oxygen atoms in total. The highest BCUT2D eigenvalue weighted by atomic mass is 19.1. The fourth-order valence-corrected chi connectivity index (χ4v) is 3.77. The van der Waals surface area contributed by atoms with Gasteiger partial charge < -0.3 is 15.3 Å². The Morgan fingerprint density at radius 3 is 2.97 bits per heavy atom. The molecule has 29 heavy (non-hydrogen) atoms. The van der Waals surface area contributed by atoms with Crippen LogP contribution in [0.15, 0.2) is 18.2 Å². The lowest BCUT2D eigenvalue weighted by molar-refractivity contribution is 0.0159. The number of aliphatic hydroxyl groups excluding tert-OH is 1. The van der Waals surface area contributed by atoms with E-state index in [1.165, 1.54) is 21.7 Å². The van der Waals surface area contributed by atoms with Crippen molar-refractivity contribution in [2.24, 2.45) is 0 Å². The summed E-state index contributed by atoms with van der Waals surface area (Å²) in [5.41, 5.74) is 2.03. The van der Waals surface area contributed by atoms with Crippen molar-refractivity contribution < 1.29 is 18.7 Å². The molecule has 2 unspecified atom stereocenters. The van der Waals surface area contributed by atoms with E-state index in [0.29, 0.717) is 29.9 Å². The van der Waals surface area contributed by atoms with Gasteiger partial charge in [-0.25, -0.2) is 8.78 Å². The van der Waals surface area contributed by atoms with Crippen molar-refractivity contribution >= 4 is 11.6 Å². The van der Waals surface area contributed by atoms with Gasteiger partial charge in [0.25, 0.3) is 5.91 Å². The zero-order valence-electron chi connectivity index (χ0n) is 15.8. The van der Waals surface area contributed by atoms with E-state index in [4.69, 9.17) is 5.26 Å². The number of nitrogens with one attached hydrogen (secondary N) is 1. The van der Waals surface area contributed by atoms with E-state index in [1.54, 1.807) is 18.0 Å². The normalized spacial score (nSPS) is 20.4. The van der Waals surface area contributed by atoms with Crippen LogP contribution in [0.25, 0.3) is 0 Å². The molecule has 0 bridgehead atoms. The van der Waals surface area contributed by atoms with Crippen LogP contribution in [0.3, 0.4) is 0 Å². The molecule has 2 aliphatic rings. The number of alkyl halides is 1. The van der Waals surface area contributed by atoms with Gasteiger partial charge in [0.15, 0.2) is 6.35 Å². The molecule has 0 fully saturated rings. The van der Waals surface area contributed by atoms with Crippen molar-refractivity contribution in [3.63, 3.8) is 0 Å². The predicted octanol–water partition coefficient (Wildman–Crippen LogP) is 1.06. The zero-order chi connectivity index (χ0) is 20.7.